The Balaban J connectivity index is 3.85. The fourth-order valence-electron chi connectivity index (χ4n) is 0.237. The van der Waals surface area contributed by atoms with Gasteiger partial charge in [-0.2, -0.15) is 4.39 Å². The maximum absolute atomic E-state index is 11.8. The Morgan fingerprint density at radius 1 is 1.27 bits per heavy atom. The van der Waals surface area contributed by atoms with Crippen molar-refractivity contribution in [2.75, 3.05) is 0 Å². The molecule has 0 aliphatic rings. The number of rotatable bonds is 3. The highest BCUT2D eigenvalue weighted by molar-refractivity contribution is 6.32. The lowest BCUT2D eigenvalue weighted by Crippen LogP contribution is -2.24. The van der Waals surface area contributed by atoms with Gasteiger partial charge in [0, 0.05) is 6.92 Å². The van der Waals surface area contributed by atoms with Gasteiger partial charge in [0.2, 0.25) is 5.78 Å². The molecule has 0 aromatic heterocycles. The van der Waals surface area contributed by atoms with E-state index >= 15 is 0 Å². The summed E-state index contributed by atoms with van der Waals surface area (Å²) >= 11 is 0. The largest absolute Gasteiger partial charge is 0.419 e. The Morgan fingerprint density at radius 3 is 2.00 bits per heavy atom. The third-order valence-electron chi connectivity index (χ3n) is 0.705. The minimum absolute atomic E-state index is 0.792. The third kappa shape index (κ3) is 3.59. The number of ether oxygens (including phenoxy) is 1. The molecule has 0 fully saturated rings. The topological polar surface area (TPSA) is 43.4 Å². The first-order valence-corrected chi connectivity index (χ1v) is 2.59. The van der Waals surface area contributed by atoms with Crippen LogP contribution in [0.1, 0.15) is 6.92 Å². The molecule has 1 unspecified atom stereocenters. The lowest BCUT2D eigenvalue weighted by atomic mass is 10.5. The van der Waals surface area contributed by atoms with E-state index in [9.17, 15) is 22.8 Å². The smallest absolute Gasteiger partial charge is 0.377 e. The average molecular weight is 170 g/mol. The van der Waals surface area contributed by atoms with Crippen molar-refractivity contribution in [3.05, 3.63) is 0 Å². The summed E-state index contributed by atoms with van der Waals surface area (Å²) in [6, 6.07) is 0. The van der Waals surface area contributed by atoms with Crippen molar-refractivity contribution < 1.29 is 27.5 Å². The zero-order chi connectivity index (χ0) is 9.02. The van der Waals surface area contributed by atoms with Crippen LogP contribution in [0.5, 0.6) is 0 Å². The highest BCUT2D eigenvalue weighted by Crippen LogP contribution is 2.06. The maximum atomic E-state index is 11.8. The Morgan fingerprint density at radius 2 is 1.73 bits per heavy atom. The summed E-state index contributed by atoms with van der Waals surface area (Å²) < 4.78 is 37.7. The molecule has 6 heteroatoms. The van der Waals surface area contributed by atoms with Gasteiger partial charge < -0.3 is 4.74 Å². The monoisotopic (exact) mass is 170 g/mol. The molecule has 0 spiro atoms. The number of hydrogen-bond acceptors (Lipinski definition) is 3. The molecule has 0 saturated carbocycles. The number of carbonyl (C=O) groups excluding carboxylic acids is 2. The number of halogens is 3. The SMILES string of the molecule is CC(=O)C(=O)OC(F)C(F)F. The van der Waals surface area contributed by atoms with E-state index in [1.54, 1.807) is 0 Å². The molecule has 0 aromatic rings. The summed E-state index contributed by atoms with van der Waals surface area (Å²) in [5.74, 6) is -2.72. The van der Waals surface area contributed by atoms with Crippen LogP contribution in [-0.4, -0.2) is 24.5 Å². The molecule has 0 N–H and O–H groups in total. The van der Waals surface area contributed by atoms with Crippen molar-refractivity contribution in [2.45, 2.75) is 19.7 Å². The highest BCUT2D eigenvalue weighted by atomic mass is 19.3. The second kappa shape index (κ2) is 3.95. The van der Waals surface area contributed by atoms with Crippen molar-refractivity contribution in [2.24, 2.45) is 0 Å². The Labute approximate surface area is 60.1 Å². The van der Waals surface area contributed by atoms with Crippen LogP contribution in [0.25, 0.3) is 0 Å². The molecule has 3 nitrogen and oxygen atoms in total. The minimum Gasteiger partial charge on any atom is -0.419 e. The number of carbonyl (C=O) groups is 2. The van der Waals surface area contributed by atoms with Crippen LogP contribution in [0.15, 0.2) is 0 Å². The Hall–Kier alpha value is -1.07. The second-order valence-corrected chi connectivity index (χ2v) is 1.65. The predicted molar refractivity (Wildman–Crippen MR) is 27.7 cm³/mol. The van der Waals surface area contributed by atoms with E-state index in [4.69, 9.17) is 0 Å². The quantitative estimate of drug-likeness (QED) is 0.462. The first kappa shape index (κ1) is 9.93. The molecule has 64 valence electrons. The second-order valence-electron chi connectivity index (χ2n) is 1.65. The number of esters is 1. The number of hydrogen-bond donors (Lipinski definition) is 0. The predicted octanol–water partition coefficient (Wildman–Crippen LogP) is 0.679. The third-order valence-corrected chi connectivity index (χ3v) is 0.705. The summed E-state index contributed by atoms with van der Waals surface area (Å²) in [5.41, 5.74) is 0. The molecule has 11 heavy (non-hydrogen) atoms. The molecule has 0 aliphatic carbocycles. The number of alkyl halides is 3. The summed E-state index contributed by atoms with van der Waals surface area (Å²) in [4.78, 5) is 20.1. The van der Waals surface area contributed by atoms with Gasteiger partial charge in [0.25, 0.3) is 0 Å². The fourth-order valence-corrected chi connectivity index (χ4v) is 0.237. The van der Waals surface area contributed by atoms with Crippen molar-refractivity contribution in [1.29, 1.82) is 0 Å². The van der Waals surface area contributed by atoms with Crippen molar-refractivity contribution in [3.63, 3.8) is 0 Å². The molecule has 1 atom stereocenters. The van der Waals surface area contributed by atoms with Crippen LogP contribution in [0.3, 0.4) is 0 Å². The molecular formula is C5H5F3O3. The molecule has 0 bridgehead atoms. The van der Waals surface area contributed by atoms with E-state index in [-0.39, 0.29) is 0 Å². The number of ketones is 1. The molecule has 0 saturated heterocycles. The minimum atomic E-state index is -3.42. The van der Waals surface area contributed by atoms with E-state index in [1.807, 2.05) is 0 Å². The van der Waals surface area contributed by atoms with Crippen molar-refractivity contribution in [1.82, 2.24) is 0 Å². The van der Waals surface area contributed by atoms with E-state index in [0.717, 1.165) is 6.92 Å². The Bertz CT molecular complexity index is 168. The summed E-state index contributed by atoms with van der Waals surface area (Å²) in [7, 11) is 0. The van der Waals surface area contributed by atoms with Crippen LogP contribution < -0.4 is 0 Å². The number of Topliss-reactive ketones (excluding diaryl/α,β-unsaturated/α-hetero) is 1. The summed E-state index contributed by atoms with van der Waals surface area (Å²) in [5, 5.41) is 0. The van der Waals surface area contributed by atoms with Crippen molar-refractivity contribution >= 4 is 11.8 Å². The lowest BCUT2D eigenvalue weighted by Gasteiger charge is -2.05. The van der Waals surface area contributed by atoms with Crippen LogP contribution in [-0.2, 0) is 14.3 Å². The van der Waals surface area contributed by atoms with Gasteiger partial charge in [-0.15, -0.1) is 0 Å². The van der Waals surface area contributed by atoms with E-state index in [1.165, 1.54) is 0 Å². The van der Waals surface area contributed by atoms with Gasteiger partial charge in [0.1, 0.15) is 0 Å². The summed E-state index contributed by atoms with van der Waals surface area (Å²) in [6.07, 6.45) is -6.44. The Kier molecular flexibility index (Phi) is 3.56. The van der Waals surface area contributed by atoms with Crippen molar-refractivity contribution in [3.8, 4) is 0 Å². The van der Waals surface area contributed by atoms with Gasteiger partial charge in [-0.1, -0.05) is 0 Å². The van der Waals surface area contributed by atoms with Gasteiger partial charge in [-0.25, -0.2) is 13.6 Å². The molecule has 0 rings (SSSR count). The molecular weight excluding hydrogens is 165 g/mol. The zero-order valence-corrected chi connectivity index (χ0v) is 5.51. The van der Waals surface area contributed by atoms with Crippen LogP contribution >= 0.6 is 0 Å². The maximum Gasteiger partial charge on any atom is 0.377 e. The molecule has 0 radical (unpaired) electrons. The molecule has 0 heterocycles. The van der Waals surface area contributed by atoms with E-state index in [2.05, 4.69) is 4.74 Å². The first-order valence-electron chi connectivity index (χ1n) is 2.59. The van der Waals surface area contributed by atoms with Crippen LogP contribution in [0, 0.1) is 0 Å². The summed E-state index contributed by atoms with van der Waals surface area (Å²) in [6.45, 7) is 0.792. The van der Waals surface area contributed by atoms with Gasteiger partial charge in [0.05, 0.1) is 0 Å². The first-order chi connectivity index (χ1) is 4.95. The molecule has 0 aliphatic heterocycles. The van der Waals surface area contributed by atoms with Gasteiger partial charge in [0.15, 0.2) is 0 Å². The standard InChI is InChI=1S/C5H5F3O3/c1-2(9)5(10)11-4(8)3(6)7/h3-4H,1H3. The van der Waals surface area contributed by atoms with Crippen LogP contribution in [0.2, 0.25) is 0 Å². The molecule has 0 aromatic carbocycles. The van der Waals surface area contributed by atoms with Gasteiger partial charge in [-0.05, 0) is 0 Å². The van der Waals surface area contributed by atoms with Gasteiger partial charge >= 0.3 is 18.8 Å². The highest BCUT2D eigenvalue weighted by Gasteiger charge is 2.25. The molecule has 0 amide bonds. The fraction of sp³-hybridized carbons (Fsp3) is 0.600. The average Bonchev–Trinajstić information content (AvgIpc) is 1.87. The normalized spacial score (nSPS) is 12.8. The van der Waals surface area contributed by atoms with E-state index in [0.29, 0.717) is 0 Å². The lowest BCUT2D eigenvalue weighted by molar-refractivity contribution is -0.176. The van der Waals surface area contributed by atoms with Gasteiger partial charge in [-0.3, -0.25) is 4.79 Å². The van der Waals surface area contributed by atoms with E-state index < -0.39 is 24.5 Å². The van der Waals surface area contributed by atoms with Crippen LogP contribution in [0.4, 0.5) is 13.2 Å². The zero-order valence-electron chi connectivity index (χ0n) is 5.51.